The molecule has 2 aromatic carbocycles. The van der Waals surface area contributed by atoms with Gasteiger partial charge in [-0.2, -0.15) is 0 Å². The van der Waals surface area contributed by atoms with Crippen molar-refractivity contribution in [1.29, 1.82) is 0 Å². The molecule has 1 unspecified atom stereocenters. The third-order valence-corrected chi connectivity index (χ3v) is 6.28. The summed E-state index contributed by atoms with van der Waals surface area (Å²) in [7, 11) is 0. The zero-order valence-electron chi connectivity index (χ0n) is 17.2. The molecule has 0 saturated heterocycles. The van der Waals surface area contributed by atoms with Crippen molar-refractivity contribution < 1.29 is 14.3 Å². The molecule has 0 spiro atoms. The Morgan fingerprint density at radius 2 is 1.97 bits per heavy atom. The monoisotopic (exact) mass is 419 g/mol. The molecular weight excluding hydrogens is 394 g/mol. The summed E-state index contributed by atoms with van der Waals surface area (Å²) >= 11 is 1.69. The van der Waals surface area contributed by atoms with Gasteiger partial charge < -0.3 is 14.8 Å². The van der Waals surface area contributed by atoms with E-state index in [9.17, 15) is 4.79 Å². The third-order valence-electron chi connectivity index (χ3n) is 5.18. The summed E-state index contributed by atoms with van der Waals surface area (Å²) < 4.78 is 11.5. The van der Waals surface area contributed by atoms with Crippen molar-refractivity contribution in [2.24, 2.45) is 0 Å². The van der Waals surface area contributed by atoms with Crippen LogP contribution < -0.4 is 14.8 Å². The van der Waals surface area contributed by atoms with E-state index in [0.717, 1.165) is 22.4 Å². The van der Waals surface area contributed by atoms with Crippen molar-refractivity contribution in [3.8, 4) is 22.6 Å². The Labute approximate surface area is 181 Å². The molecule has 0 fully saturated rings. The van der Waals surface area contributed by atoms with Crippen LogP contribution in [0.4, 0.5) is 5.69 Å². The lowest BCUT2D eigenvalue weighted by molar-refractivity contribution is -0.116. The Bertz CT molecular complexity index is 1070. The molecule has 1 aliphatic heterocycles. The van der Waals surface area contributed by atoms with Crippen molar-refractivity contribution in [3.63, 3.8) is 0 Å². The Kier molecular flexibility index (Phi) is 5.91. The van der Waals surface area contributed by atoms with Gasteiger partial charge in [0.25, 0.3) is 0 Å². The van der Waals surface area contributed by atoms with E-state index in [0.29, 0.717) is 31.1 Å². The first-order valence-electron chi connectivity index (χ1n) is 10.1. The van der Waals surface area contributed by atoms with Gasteiger partial charge in [0.1, 0.15) is 6.61 Å². The summed E-state index contributed by atoms with van der Waals surface area (Å²) in [4.78, 5) is 13.8. The number of rotatable bonds is 7. The molecule has 0 saturated carbocycles. The standard InChI is InChI=1S/C25H25NO3S/c1-4-12-29-21-11-10-18(13-22(21)28-5-2)19-14-23(27)26-24-20(15-30-25(19)24)17-8-6-16(3)7-9-17/h4,6-11,13,15,19H,1,5,12,14H2,2-3H3,(H,26,27). The highest BCUT2D eigenvalue weighted by molar-refractivity contribution is 7.11. The number of aryl methyl sites for hydroxylation is 1. The normalized spacial score (nSPS) is 15.3. The van der Waals surface area contributed by atoms with E-state index in [1.807, 2.05) is 25.1 Å². The van der Waals surface area contributed by atoms with E-state index in [1.54, 1.807) is 17.4 Å². The molecule has 30 heavy (non-hydrogen) atoms. The number of nitrogens with one attached hydrogen (secondary N) is 1. The number of hydrogen-bond acceptors (Lipinski definition) is 4. The van der Waals surface area contributed by atoms with Crippen molar-refractivity contribution in [2.75, 3.05) is 18.5 Å². The summed E-state index contributed by atoms with van der Waals surface area (Å²) in [6.45, 7) is 8.68. The predicted octanol–water partition coefficient (Wildman–Crippen LogP) is 6.16. The largest absolute Gasteiger partial charge is 0.490 e. The highest BCUT2D eigenvalue weighted by atomic mass is 32.1. The van der Waals surface area contributed by atoms with E-state index >= 15 is 0 Å². The average Bonchev–Trinajstić information content (AvgIpc) is 3.16. The number of carbonyl (C=O) groups is 1. The molecule has 0 radical (unpaired) electrons. The van der Waals surface area contributed by atoms with Crippen LogP contribution in [0.15, 0.2) is 60.5 Å². The van der Waals surface area contributed by atoms with Gasteiger partial charge in [0.05, 0.1) is 12.3 Å². The van der Waals surface area contributed by atoms with Crippen molar-refractivity contribution in [1.82, 2.24) is 0 Å². The molecule has 4 rings (SSSR count). The van der Waals surface area contributed by atoms with Crippen LogP contribution in [-0.2, 0) is 4.79 Å². The highest BCUT2D eigenvalue weighted by Crippen LogP contribution is 2.47. The number of fused-ring (bicyclic) bond motifs is 1. The summed E-state index contributed by atoms with van der Waals surface area (Å²) in [6.07, 6.45) is 2.12. The lowest BCUT2D eigenvalue weighted by atomic mass is 9.89. The topological polar surface area (TPSA) is 47.6 Å². The van der Waals surface area contributed by atoms with Crippen LogP contribution in [0.2, 0.25) is 0 Å². The van der Waals surface area contributed by atoms with Crippen molar-refractivity contribution >= 4 is 22.9 Å². The Morgan fingerprint density at radius 1 is 1.17 bits per heavy atom. The van der Waals surface area contributed by atoms with Gasteiger partial charge in [-0.25, -0.2) is 0 Å². The van der Waals surface area contributed by atoms with Gasteiger partial charge in [0, 0.05) is 28.2 Å². The minimum Gasteiger partial charge on any atom is -0.490 e. The average molecular weight is 420 g/mol. The molecule has 1 aliphatic rings. The van der Waals surface area contributed by atoms with E-state index in [1.165, 1.54) is 10.4 Å². The maximum absolute atomic E-state index is 12.6. The second kappa shape index (κ2) is 8.76. The third kappa shape index (κ3) is 3.98. The van der Waals surface area contributed by atoms with Gasteiger partial charge in [-0.05, 0) is 37.1 Å². The molecule has 2 heterocycles. The van der Waals surface area contributed by atoms with E-state index < -0.39 is 0 Å². The zero-order chi connectivity index (χ0) is 21.1. The fourth-order valence-electron chi connectivity index (χ4n) is 3.72. The molecule has 1 atom stereocenters. The van der Waals surface area contributed by atoms with Crippen LogP contribution in [0.3, 0.4) is 0 Å². The second-order valence-corrected chi connectivity index (χ2v) is 8.21. The van der Waals surface area contributed by atoms with Crippen LogP contribution in [0.1, 0.15) is 35.3 Å². The first-order chi connectivity index (χ1) is 14.6. The van der Waals surface area contributed by atoms with E-state index in [4.69, 9.17) is 9.47 Å². The van der Waals surface area contributed by atoms with E-state index in [2.05, 4.69) is 48.5 Å². The smallest absolute Gasteiger partial charge is 0.225 e. The lowest BCUT2D eigenvalue weighted by Gasteiger charge is -2.25. The minimum atomic E-state index is -0.00870. The maximum atomic E-state index is 12.6. The van der Waals surface area contributed by atoms with Gasteiger partial charge in [0.2, 0.25) is 5.91 Å². The molecule has 0 aliphatic carbocycles. The lowest BCUT2D eigenvalue weighted by Crippen LogP contribution is -2.22. The molecule has 3 aromatic rings. The van der Waals surface area contributed by atoms with Crippen molar-refractivity contribution in [3.05, 3.63) is 76.5 Å². The number of thiophene rings is 1. The van der Waals surface area contributed by atoms with E-state index in [-0.39, 0.29) is 11.8 Å². The molecule has 154 valence electrons. The van der Waals surface area contributed by atoms with Gasteiger partial charge in [0.15, 0.2) is 11.5 Å². The molecular formula is C25H25NO3S. The van der Waals surface area contributed by atoms with Gasteiger partial charge in [-0.3, -0.25) is 4.79 Å². The molecule has 1 aromatic heterocycles. The highest BCUT2D eigenvalue weighted by Gasteiger charge is 2.31. The number of ether oxygens (including phenoxy) is 2. The van der Waals surface area contributed by atoms with Gasteiger partial charge >= 0.3 is 0 Å². The van der Waals surface area contributed by atoms with Crippen molar-refractivity contribution in [2.45, 2.75) is 26.2 Å². The molecule has 1 amide bonds. The number of hydrogen-bond donors (Lipinski definition) is 1. The summed E-state index contributed by atoms with van der Waals surface area (Å²) in [5.74, 6) is 1.40. The first-order valence-corrected chi connectivity index (χ1v) is 11.0. The zero-order valence-corrected chi connectivity index (χ0v) is 18.1. The van der Waals surface area contributed by atoms with Crippen LogP contribution in [0.5, 0.6) is 11.5 Å². The summed E-state index contributed by atoms with van der Waals surface area (Å²) in [5, 5.41) is 5.24. The predicted molar refractivity (Wildman–Crippen MR) is 123 cm³/mol. The first kappa shape index (κ1) is 20.2. The second-order valence-electron chi connectivity index (χ2n) is 7.30. The molecule has 0 bridgehead atoms. The molecule has 4 nitrogen and oxygen atoms in total. The number of amides is 1. The minimum absolute atomic E-state index is 0.00870. The quantitative estimate of drug-likeness (QED) is 0.467. The summed E-state index contributed by atoms with van der Waals surface area (Å²) in [6, 6.07) is 14.3. The molecule has 1 N–H and O–H groups in total. The summed E-state index contributed by atoms with van der Waals surface area (Å²) in [5.41, 5.74) is 5.38. The van der Waals surface area contributed by atoms with Crippen LogP contribution >= 0.6 is 11.3 Å². The van der Waals surface area contributed by atoms with Gasteiger partial charge in [-0.15, -0.1) is 11.3 Å². The Morgan fingerprint density at radius 3 is 2.70 bits per heavy atom. The fraction of sp³-hybridized carbons (Fsp3) is 0.240. The van der Waals surface area contributed by atoms with Gasteiger partial charge in [-0.1, -0.05) is 48.6 Å². The number of anilines is 1. The SMILES string of the molecule is C=CCOc1ccc(C2CC(=O)Nc3c(-c4ccc(C)cc4)csc32)cc1OCC. The maximum Gasteiger partial charge on any atom is 0.225 e. The Balaban J connectivity index is 1.73. The molecule has 5 heteroatoms. The van der Waals surface area contributed by atoms with Crippen LogP contribution in [0, 0.1) is 6.92 Å². The van der Waals surface area contributed by atoms with Crippen LogP contribution in [0.25, 0.3) is 11.1 Å². The fourth-order valence-corrected chi connectivity index (χ4v) is 4.88. The number of carbonyl (C=O) groups excluding carboxylic acids is 1. The number of benzene rings is 2. The van der Waals surface area contributed by atoms with Crippen LogP contribution in [-0.4, -0.2) is 19.1 Å². The Hall–Kier alpha value is -3.05.